The van der Waals surface area contributed by atoms with Gasteiger partial charge < -0.3 is 28.1 Å². The minimum atomic E-state index is 1.08. The fourth-order valence-electron chi connectivity index (χ4n) is 22.4. The standard InChI is InChI=1S/C78H53N3.C66H45N3/c1-4-14-54(15-5-1)55-24-26-56(27-25-55)59-36-44-68(45-37-59)79(69-46-38-60(39-47-69)57-28-32-62(33-29-57)64-42-50-77-73(52-64)71-20-10-12-22-75(71)80(77)66-16-6-2-7-17-66)70-48-40-61(41-49-70)58-30-34-63(35-31-58)65-43-51-78-74(53-65)72-21-11-13-23-76(72)81(78)67-18-8-3-9-19-67;1-3-13-46(14-4-1)47-23-25-48(26-24-47)49-27-36-55(37-28-49)67(56-38-29-50(30-39-56)51-31-42-58(43-32-51)69-63-20-10-7-17-59(63)60-18-8-11-21-64(60)69)57-40-33-52(34-41-57)53-35-44-66-62(45-53)61-19-9-12-22-65(61)68(66)54-15-5-2-6-16-54/h1-53H;1-45H. The van der Waals surface area contributed by atoms with Gasteiger partial charge in [0.1, 0.15) is 0 Å². The molecule has 0 unspecified atom stereocenters. The van der Waals surface area contributed by atoms with Crippen molar-refractivity contribution < 1.29 is 0 Å². The van der Waals surface area contributed by atoms with Crippen LogP contribution in [-0.4, -0.2) is 18.3 Å². The van der Waals surface area contributed by atoms with Crippen molar-refractivity contribution in [2.24, 2.45) is 0 Å². The first kappa shape index (κ1) is 89.0. The van der Waals surface area contributed by atoms with Crippen LogP contribution in [0.25, 0.3) is 221 Å². The molecule has 6 heteroatoms. The summed E-state index contributed by atoms with van der Waals surface area (Å²) in [4.78, 5) is 4.72. The molecule has 0 saturated heterocycles. The van der Waals surface area contributed by atoms with Crippen LogP contribution >= 0.6 is 0 Å². The van der Waals surface area contributed by atoms with Gasteiger partial charge in [-0.05, 0) is 299 Å². The number of rotatable bonds is 20. The Labute approximate surface area is 871 Å². The summed E-state index contributed by atoms with van der Waals surface area (Å²) in [7, 11) is 0. The topological polar surface area (TPSA) is 26.2 Å². The lowest BCUT2D eigenvalue weighted by atomic mass is 9.98. The number of para-hydroxylation sites is 8. The van der Waals surface area contributed by atoms with E-state index >= 15 is 0 Å². The Balaban J connectivity index is 0.000000149. The van der Waals surface area contributed by atoms with Crippen LogP contribution in [0.5, 0.6) is 0 Å². The number of hydrogen-bond acceptors (Lipinski definition) is 2. The number of anilines is 6. The molecule has 24 aromatic carbocycles. The first-order valence-electron chi connectivity index (χ1n) is 51.5. The van der Waals surface area contributed by atoms with Crippen LogP contribution in [0.2, 0.25) is 0 Å². The van der Waals surface area contributed by atoms with E-state index < -0.39 is 0 Å². The smallest absolute Gasteiger partial charge is 0.0541 e. The molecule has 0 spiro atoms. The summed E-state index contributed by atoms with van der Waals surface area (Å²) < 4.78 is 9.47. The molecule has 28 rings (SSSR count). The fraction of sp³-hybridized carbons (Fsp3) is 0. The first-order valence-corrected chi connectivity index (χ1v) is 51.5. The maximum absolute atomic E-state index is 2.37. The van der Waals surface area contributed by atoms with Gasteiger partial charge in [-0.15, -0.1) is 0 Å². The van der Waals surface area contributed by atoms with Crippen LogP contribution in [0.4, 0.5) is 34.1 Å². The number of fused-ring (bicyclic) bond motifs is 12. The summed E-state index contributed by atoms with van der Waals surface area (Å²) in [6.45, 7) is 0. The van der Waals surface area contributed by atoms with Crippen molar-refractivity contribution in [2.45, 2.75) is 0 Å². The zero-order valence-corrected chi connectivity index (χ0v) is 82.3. The van der Waals surface area contributed by atoms with Crippen molar-refractivity contribution in [3.8, 4) is 134 Å². The quantitative estimate of drug-likeness (QED) is 0.0760. The second kappa shape index (κ2) is 38.6. The van der Waals surface area contributed by atoms with Crippen molar-refractivity contribution >= 4 is 121 Å². The highest BCUT2D eigenvalue weighted by Gasteiger charge is 2.23. The number of nitrogens with zero attached hydrogens (tertiary/aromatic N) is 6. The van der Waals surface area contributed by atoms with Crippen molar-refractivity contribution in [1.29, 1.82) is 0 Å². The largest absolute Gasteiger partial charge is 0.311 e. The van der Waals surface area contributed by atoms with E-state index in [9.17, 15) is 0 Å². The van der Waals surface area contributed by atoms with Crippen LogP contribution in [-0.2, 0) is 0 Å². The third kappa shape index (κ3) is 16.7. The van der Waals surface area contributed by atoms with E-state index in [-0.39, 0.29) is 0 Å². The molecular weight excluding hydrogens is 1810 g/mol. The molecule has 0 radical (unpaired) electrons. The van der Waals surface area contributed by atoms with Gasteiger partial charge in [-0.2, -0.15) is 0 Å². The Morgan fingerprint density at radius 1 is 0.0933 bits per heavy atom. The zero-order valence-electron chi connectivity index (χ0n) is 82.3. The minimum Gasteiger partial charge on any atom is -0.311 e. The molecule has 4 aromatic heterocycles. The van der Waals surface area contributed by atoms with Crippen molar-refractivity contribution in [3.63, 3.8) is 0 Å². The van der Waals surface area contributed by atoms with Crippen molar-refractivity contribution in [3.05, 3.63) is 595 Å². The van der Waals surface area contributed by atoms with Crippen LogP contribution in [0.1, 0.15) is 0 Å². The van der Waals surface area contributed by atoms with Gasteiger partial charge in [0.2, 0.25) is 0 Å². The molecule has 150 heavy (non-hydrogen) atoms. The van der Waals surface area contributed by atoms with E-state index in [1.165, 1.54) is 210 Å². The molecule has 4 heterocycles. The molecular formula is C144H98N6. The van der Waals surface area contributed by atoms with Crippen LogP contribution < -0.4 is 9.80 Å². The molecule has 0 N–H and O–H groups in total. The summed E-state index contributed by atoms with van der Waals surface area (Å²) in [6.07, 6.45) is 0. The van der Waals surface area contributed by atoms with Gasteiger partial charge in [-0.1, -0.05) is 406 Å². The Kier molecular flexibility index (Phi) is 22.9. The molecule has 0 saturated carbocycles. The number of aromatic nitrogens is 4. The maximum Gasteiger partial charge on any atom is 0.0541 e. The monoisotopic (exact) mass is 1910 g/mol. The van der Waals surface area contributed by atoms with E-state index in [0.29, 0.717) is 0 Å². The molecule has 28 aromatic rings. The maximum atomic E-state index is 2.37. The second-order valence-corrected chi connectivity index (χ2v) is 38.7. The predicted octanol–water partition coefficient (Wildman–Crippen LogP) is 39.4. The zero-order chi connectivity index (χ0) is 99.3. The Bertz CT molecular complexity index is 9500. The number of hydrogen-bond donors (Lipinski definition) is 0. The highest BCUT2D eigenvalue weighted by molar-refractivity contribution is 6.14. The molecule has 0 atom stereocenters. The summed E-state index contributed by atoms with van der Waals surface area (Å²) in [6, 6.07) is 216. The normalized spacial score (nSPS) is 11.5. The van der Waals surface area contributed by atoms with E-state index in [1.54, 1.807) is 0 Å². The molecule has 0 amide bonds. The van der Waals surface area contributed by atoms with E-state index in [2.05, 4.69) is 623 Å². The van der Waals surface area contributed by atoms with Crippen molar-refractivity contribution in [2.75, 3.05) is 9.80 Å². The Morgan fingerprint density at radius 3 is 0.433 bits per heavy atom. The molecule has 0 fully saturated rings. The lowest BCUT2D eigenvalue weighted by Crippen LogP contribution is -2.09. The highest BCUT2D eigenvalue weighted by Crippen LogP contribution is 2.46. The van der Waals surface area contributed by atoms with Crippen molar-refractivity contribution in [1.82, 2.24) is 18.3 Å². The average molecular weight is 1910 g/mol. The molecule has 0 bridgehead atoms. The van der Waals surface area contributed by atoms with Gasteiger partial charge in [0.15, 0.2) is 0 Å². The van der Waals surface area contributed by atoms with Crippen LogP contribution in [0, 0.1) is 0 Å². The van der Waals surface area contributed by atoms with Gasteiger partial charge in [0.25, 0.3) is 0 Å². The van der Waals surface area contributed by atoms with Gasteiger partial charge in [-0.25, -0.2) is 0 Å². The number of benzene rings is 24. The molecule has 6 nitrogen and oxygen atoms in total. The Hall–Kier alpha value is -19.9. The van der Waals surface area contributed by atoms with E-state index in [1.807, 2.05) is 0 Å². The molecule has 0 aliphatic heterocycles. The summed E-state index contributed by atoms with van der Waals surface area (Å²) in [5, 5.41) is 10.0. The SMILES string of the molecule is c1ccc(-c2ccc(-c3ccc(N(c4ccc(-c5ccc(-c6ccc7c(c6)c6ccccc6n7-c6ccccc6)cc5)cc4)c4ccc(-c5ccc(-c6ccc7c(c6)c6ccccc6n7-c6ccccc6)cc5)cc4)cc3)cc2)cc1.c1ccc(-c2ccc(-c3ccc(N(c4ccc(-c5ccc(-n6c7ccccc7c7ccccc76)cc5)cc4)c4ccc(-c5ccc6c(c5)c5ccccc5n6-c5ccccc5)cc4)cc3)cc2)cc1. The van der Waals surface area contributed by atoms with Gasteiger partial charge in [-0.3, -0.25) is 0 Å². The van der Waals surface area contributed by atoms with Crippen LogP contribution in [0.3, 0.4) is 0 Å². The second-order valence-electron chi connectivity index (χ2n) is 38.7. The van der Waals surface area contributed by atoms with Gasteiger partial charge in [0.05, 0.1) is 44.1 Å². The highest BCUT2D eigenvalue weighted by atomic mass is 15.1. The Morgan fingerprint density at radius 2 is 0.227 bits per heavy atom. The lowest BCUT2D eigenvalue weighted by Gasteiger charge is -2.26. The minimum absolute atomic E-state index is 1.08. The summed E-state index contributed by atoms with van der Waals surface area (Å²) >= 11 is 0. The first-order chi connectivity index (χ1) is 74.4. The summed E-state index contributed by atoms with van der Waals surface area (Å²) in [5.41, 5.74) is 44.6. The predicted molar refractivity (Wildman–Crippen MR) is 634 cm³/mol. The fourth-order valence-corrected chi connectivity index (χ4v) is 22.4. The average Bonchev–Trinajstić information content (AvgIpc) is 1.59. The van der Waals surface area contributed by atoms with E-state index in [0.717, 1.165) is 45.5 Å². The molecule has 704 valence electrons. The molecule has 0 aliphatic carbocycles. The third-order valence-electron chi connectivity index (χ3n) is 29.9. The lowest BCUT2D eigenvalue weighted by molar-refractivity contribution is 1.18. The van der Waals surface area contributed by atoms with Crippen LogP contribution in [0.15, 0.2) is 595 Å². The molecule has 0 aliphatic rings. The van der Waals surface area contributed by atoms with E-state index in [4.69, 9.17) is 0 Å². The van der Waals surface area contributed by atoms with Gasteiger partial charge in [0, 0.05) is 100.0 Å². The van der Waals surface area contributed by atoms with Gasteiger partial charge >= 0.3 is 0 Å². The third-order valence-corrected chi connectivity index (χ3v) is 29.9. The summed E-state index contributed by atoms with van der Waals surface area (Å²) in [5.74, 6) is 0.